The largest absolute Gasteiger partial charge is 0.497 e. The molecule has 0 aliphatic heterocycles. The van der Waals surface area contributed by atoms with Crippen molar-refractivity contribution in [1.82, 2.24) is 0 Å². The summed E-state index contributed by atoms with van der Waals surface area (Å²) in [5.41, 5.74) is 3.26. The highest BCUT2D eigenvalue weighted by atomic mass is 35.5. The summed E-state index contributed by atoms with van der Waals surface area (Å²) in [6.45, 7) is 1.15. The zero-order valence-electron chi connectivity index (χ0n) is 16.2. The van der Waals surface area contributed by atoms with Crippen molar-refractivity contribution < 1.29 is 9.47 Å². The number of fused-ring (bicyclic) bond motifs is 1. The first-order valence-electron chi connectivity index (χ1n) is 9.49. The van der Waals surface area contributed by atoms with E-state index in [2.05, 4.69) is 35.6 Å². The molecule has 0 unspecified atom stereocenters. The van der Waals surface area contributed by atoms with E-state index in [-0.39, 0.29) is 0 Å². The summed E-state index contributed by atoms with van der Waals surface area (Å²) in [6.07, 6.45) is 0. The fraction of sp³-hybridized carbons (Fsp3) is 0.120. The molecule has 4 rings (SSSR count). The summed E-state index contributed by atoms with van der Waals surface area (Å²) in [7, 11) is 1.66. The van der Waals surface area contributed by atoms with Gasteiger partial charge in [-0.05, 0) is 58.3 Å². The molecule has 0 bridgehead atoms. The van der Waals surface area contributed by atoms with Gasteiger partial charge in [0.15, 0.2) is 0 Å². The van der Waals surface area contributed by atoms with Crippen LogP contribution in [0, 0.1) is 0 Å². The lowest BCUT2D eigenvalue weighted by atomic mass is 10.1. The van der Waals surface area contributed by atoms with Crippen LogP contribution in [0.3, 0.4) is 0 Å². The lowest BCUT2D eigenvalue weighted by molar-refractivity contribution is 0.308. The number of hydrogen-bond donors (Lipinski definition) is 1. The van der Waals surface area contributed by atoms with Crippen LogP contribution in [0.15, 0.2) is 84.9 Å². The van der Waals surface area contributed by atoms with E-state index in [4.69, 9.17) is 21.1 Å². The second kappa shape index (κ2) is 8.89. The van der Waals surface area contributed by atoms with Gasteiger partial charge in [0.1, 0.15) is 18.1 Å². The minimum atomic E-state index is 0.477. The van der Waals surface area contributed by atoms with Crippen LogP contribution in [-0.2, 0) is 13.2 Å². The maximum absolute atomic E-state index is 6.47. The van der Waals surface area contributed by atoms with Gasteiger partial charge in [0.05, 0.1) is 12.1 Å². The Kier molecular flexibility index (Phi) is 5.87. The number of methoxy groups -OCH3 is 1. The molecule has 3 nitrogen and oxygen atoms in total. The van der Waals surface area contributed by atoms with Crippen LogP contribution in [0.1, 0.15) is 11.1 Å². The number of halogens is 1. The van der Waals surface area contributed by atoms with E-state index < -0.39 is 0 Å². The van der Waals surface area contributed by atoms with E-state index >= 15 is 0 Å². The minimum absolute atomic E-state index is 0.477. The Morgan fingerprint density at radius 2 is 1.66 bits per heavy atom. The smallest absolute Gasteiger partial charge is 0.138 e. The van der Waals surface area contributed by atoms with Gasteiger partial charge in [0.25, 0.3) is 0 Å². The highest BCUT2D eigenvalue weighted by molar-refractivity contribution is 6.32. The molecule has 0 aromatic heterocycles. The number of rotatable bonds is 7. The Hall–Kier alpha value is -3.17. The number of benzene rings is 4. The topological polar surface area (TPSA) is 30.5 Å². The van der Waals surface area contributed by atoms with Gasteiger partial charge in [0, 0.05) is 12.2 Å². The summed E-state index contributed by atoms with van der Waals surface area (Å²) >= 11 is 6.47. The maximum Gasteiger partial charge on any atom is 0.138 e. The Morgan fingerprint density at radius 3 is 2.45 bits per heavy atom. The van der Waals surface area contributed by atoms with Gasteiger partial charge in [0.2, 0.25) is 0 Å². The van der Waals surface area contributed by atoms with E-state index in [0.717, 1.165) is 22.6 Å². The third kappa shape index (κ3) is 4.64. The molecule has 0 aliphatic rings. The first kappa shape index (κ1) is 19.2. The molecule has 0 atom stereocenters. The van der Waals surface area contributed by atoms with Crippen molar-refractivity contribution >= 4 is 28.1 Å². The zero-order valence-corrected chi connectivity index (χ0v) is 16.9. The third-order valence-electron chi connectivity index (χ3n) is 4.85. The minimum Gasteiger partial charge on any atom is -0.497 e. The lowest BCUT2D eigenvalue weighted by Gasteiger charge is -2.12. The highest BCUT2D eigenvalue weighted by Gasteiger charge is 2.06. The zero-order chi connectivity index (χ0) is 20.1. The monoisotopic (exact) mass is 403 g/mol. The van der Waals surface area contributed by atoms with Gasteiger partial charge >= 0.3 is 0 Å². The number of hydrogen-bond acceptors (Lipinski definition) is 3. The molecule has 146 valence electrons. The number of anilines is 1. The van der Waals surface area contributed by atoms with Crippen molar-refractivity contribution in [3.8, 4) is 11.5 Å². The fourth-order valence-corrected chi connectivity index (χ4v) is 3.52. The average molecular weight is 404 g/mol. The Bertz CT molecular complexity index is 1100. The van der Waals surface area contributed by atoms with Crippen LogP contribution in [0.2, 0.25) is 5.02 Å². The van der Waals surface area contributed by atoms with Crippen LogP contribution in [-0.4, -0.2) is 7.11 Å². The summed E-state index contributed by atoms with van der Waals surface area (Å²) in [6, 6.07) is 28.3. The number of ether oxygens (including phenoxy) is 2. The Balaban J connectivity index is 1.40. The van der Waals surface area contributed by atoms with Gasteiger partial charge in [-0.1, -0.05) is 60.1 Å². The summed E-state index contributed by atoms with van der Waals surface area (Å²) in [5, 5.41) is 6.40. The molecular weight excluding hydrogens is 382 g/mol. The molecular formula is C25H22ClNO2. The van der Waals surface area contributed by atoms with Crippen LogP contribution < -0.4 is 14.8 Å². The molecule has 4 aromatic rings. The molecule has 0 aliphatic carbocycles. The van der Waals surface area contributed by atoms with E-state index in [0.29, 0.717) is 23.9 Å². The molecule has 0 saturated heterocycles. The molecule has 29 heavy (non-hydrogen) atoms. The van der Waals surface area contributed by atoms with E-state index in [1.807, 2.05) is 54.6 Å². The van der Waals surface area contributed by atoms with Gasteiger partial charge in [-0.25, -0.2) is 0 Å². The second-order valence-corrected chi connectivity index (χ2v) is 7.18. The van der Waals surface area contributed by atoms with Gasteiger partial charge in [-0.15, -0.1) is 0 Å². The maximum atomic E-state index is 6.47. The van der Waals surface area contributed by atoms with Crippen LogP contribution in [0.4, 0.5) is 5.69 Å². The van der Waals surface area contributed by atoms with Crippen molar-refractivity contribution in [2.75, 3.05) is 12.4 Å². The van der Waals surface area contributed by atoms with Crippen molar-refractivity contribution in [1.29, 1.82) is 0 Å². The van der Waals surface area contributed by atoms with Crippen LogP contribution >= 0.6 is 11.6 Å². The third-order valence-corrected chi connectivity index (χ3v) is 5.14. The molecule has 0 spiro atoms. The molecule has 1 N–H and O–H groups in total. The van der Waals surface area contributed by atoms with Gasteiger partial charge in [-0.2, -0.15) is 0 Å². The van der Waals surface area contributed by atoms with Crippen molar-refractivity contribution in [3.05, 3.63) is 101 Å². The van der Waals surface area contributed by atoms with Crippen LogP contribution in [0.25, 0.3) is 10.8 Å². The predicted molar refractivity (Wildman–Crippen MR) is 120 cm³/mol. The predicted octanol–water partition coefficient (Wildman–Crippen LogP) is 6.69. The lowest BCUT2D eigenvalue weighted by Crippen LogP contribution is -2.01. The number of nitrogens with one attached hydrogen (secondary N) is 1. The summed E-state index contributed by atoms with van der Waals surface area (Å²) < 4.78 is 11.2. The summed E-state index contributed by atoms with van der Waals surface area (Å²) in [4.78, 5) is 0. The average Bonchev–Trinajstić information content (AvgIpc) is 2.77. The van der Waals surface area contributed by atoms with E-state index in [1.54, 1.807) is 7.11 Å². The highest BCUT2D eigenvalue weighted by Crippen LogP contribution is 2.28. The quantitative estimate of drug-likeness (QED) is 0.372. The van der Waals surface area contributed by atoms with Crippen molar-refractivity contribution in [3.63, 3.8) is 0 Å². The normalized spacial score (nSPS) is 10.7. The van der Waals surface area contributed by atoms with Gasteiger partial charge < -0.3 is 14.8 Å². The van der Waals surface area contributed by atoms with Crippen LogP contribution in [0.5, 0.6) is 11.5 Å². The fourth-order valence-electron chi connectivity index (χ4n) is 3.26. The second-order valence-electron chi connectivity index (χ2n) is 6.77. The first-order chi connectivity index (χ1) is 14.2. The summed E-state index contributed by atoms with van der Waals surface area (Å²) in [5.74, 6) is 1.53. The van der Waals surface area contributed by atoms with Crippen molar-refractivity contribution in [2.45, 2.75) is 13.2 Å². The molecule has 4 aromatic carbocycles. The Labute approximate surface area is 175 Å². The van der Waals surface area contributed by atoms with Gasteiger partial charge in [-0.3, -0.25) is 0 Å². The molecule has 0 radical (unpaired) electrons. The molecule has 4 heteroatoms. The van der Waals surface area contributed by atoms with E-state index in [1.165, 1.54) is 10.8 Å². The van der Waals surface area contributed by atoms with E-state index in [9.17, 15) is 0 Å². The Morgan fingerprint density at radius 1 is 0.862 bits per heavy atom. The van der Waals surface area contributed by atoms with Crippen molar-refractivity contribution in [2.24, 2.45) is 0 Å². The SMILES string of the molecule is COc1ccc(NCc2ccc(OCc3cccc4ccccc34)c(Cl)c2)cc1. The molecule has 0 amide bonds. The molecule has 0 fully saturated rings. The molecule has 0 saturated carbocycles. The standard InChI is InChI=1S/C25H22ClNO2/c1-28-22-12-10-21(11-13-22)27-16-18-9-14-25(24(26)15-18)29-17-20-7-4-6-19-5-2-3-8-23(19)20/h2-15,27H,16-17H2,1H3. The first-order valence-corrected chi connectivity index (χ1v) is 9.86. The molecule has 0 heterocycles.